The van der Waals surface area contributed by atoms with E-state index in [1.807, 2.05) is 37.3 Å². The topological polar surface area (TPSA) is 106 Å². The summed E-state index contributed by atoms with van der Waals surface area (Å²) in [6.45, 7) is 2.04. The van der Waals surface area contributed by atoms with Gasteiger partial charge in [-0.2, -0.15) is 5.10 Å². The molecule has 0 spiro atoms. The number of thioether (sulfide) groups is 2. The van der Waals surface area contributed by atoms with E-state index >= 15 is 0 Å². The van der Waals surface area contributed by atoms with Gasteiger partial charge in [0.1, 0.15) is 16.2 Å². The summed E-state index contributed by atoms with van der Waals surface area (Å²) in [6, 6.07) is 9.46. The number of carbonyl (C=O) groups excluding carboxylic acids is 1. The number of aromatic amines is 1. The fourth-order valence-electron chi connectivity index (χ4n) is 2.58. The summed E-state index contributed by atoms with van der Waals surface area (Å²) in [7, 11) is 0. The zero-order valence-electron chi connectivity index (χ0n) is 15.4. The average molecular weight is 445 g/mol. The second-order valence-corrected chi connectivity index (χ2v) is 9.44. The summed E-state index contributed by atoms with van der Waals surface area (Å²) >= 11 is 4.24. The summed E-state index contributed by atoms with van der Waals surface area (Å²) < 4.78 is 2.48. The van der Waals surface area contributed by atoms with Crippen LogP contribution in [0.25, 0.3) is 16.7 Å². The minimum absolute atomic E-state index is 0.00138. The number of rotatable bonds is 8. The lowest BCUT2D eigenvalue weighted by Gasteiger charge is -2.04. The van der Waals surface area contributed by atoms with Gasteiger partial charge in [0.2, 0.25) is 0 Å². The van der Waals surface area contributed by atoms with Gasteiger partial charge in [-0.05, 0) is 17.9 Å². The Morgan fingerprint density at radius 2 is 2.03 bits per heavy atom. The molecule has 8 nitrogen and oxygen atoms in total. The van der Waals surface area contributed by atoms with Crippen LogP contribution in [0.1, 0.15) is 11.9 Å². The third-order valence-electron chi connectivity index (χ3n) is 3.85. The summed E-state index contributed by atoms with van der Waals surface area (Å²) in [6.07, 6.45) is 1.72. The average Bonchev–Trinajstić information content (AvgIpc) is 3.34. The maximum absolute atomic E-state index is 12.4. The van der Waals surface area contributed by atoms with E-state index in [0.717, 1.165) is 15.8 Å². The Morgan fingerprint density at radius 1 is 1.21 bits per heavy atom. The minimum Gasteiger partial charge on any atom is -0.301 e. The molecule has 0 saturated carbocycles. The maximum atomic E-state index is 12.4. The van der Waals surface area contributed by atoms with Crippen LogP contribution in [-0.4, -0.2) is 47.2 Å². The summed E-state index contributed by atoms with van der Waals surface area (Å²) in [4.78, 5) is 31.9. The highest BCUT2D eigenvalue weighted by Gasteiger charge is 2.14. The molecule has 3 aromatic heterocycles. The number of nitrogens with one attached hydrogen (secondary N) is 1. The van der Waals surface area contributed by atoms with Crippen molar-refractivity contribution in [3.63, 3.8) is 0 Å². The molecule has 0 aliphatic carbocycles. The smallest absolute Gasteiger partial charge is 0.262 e. The van der Waals surface area contributed by atoms with Crippen molar-refractivity contribution in [1.82, 2.24) is 29.9 Å². The van der Waals surface area contributed by atoms with Gasteiger partial charge in [0.15, 0.2) is 15.1 Å². The minimum atomic E-state index is -0.280. The van der Waals surface area contributed by atoms with Crippen LogP contribution in [-0.2, 0) is 11.2 Å². The molecule has 4 rings (SSSR count). The van der Waals surface area contributed by atoms with E-state index in [0.29, 0.717) is 21.2 Å². The first-order chi connectivity index (χ1) is 14.1. The van der Waals surface area contributed by atoms with E-state index in [-0.39, 0.29) is 23.5 Å². The molecule has 0 radical (unpaired) electrons. The zero-order chi connectivity index (χ0) is 20.2. The predicted molar refractivity (Wildman–Crippen MR) is 115 cm³/mol. The zero-order valence-corrected chi connectivity index (χ0v) is 17.8. The molecule has 0 amide bonds. The van der Waals surface area contributed by atoms with E-state index in [2.05, 4.69) is 25.3 Å². The molecule has 29 heavy (non-hydrogen) atoms. The summed E-state index contributed by atoms with van der Waals surface area (Å²) in [5.74, 6) is 1.10. The molecule has 0 unspecified atom stereocenters. The standard InChI is InChI=1S/C18H16N6O2S3/c1-2-27-18-23-22-14(29-18)8-12(25)10-28-17-20-15-13(16(26)21-17)9-19-24(15)11-6-4-3-5-7-11/h3-7,9H,2,8,10H2,1H3,(H,20,21,26). The number of nitrogens with zero attached hydrogens (tertiary/aromatic N) is 5. The van der Waals surface area contributed by atoms with Gasteiger partial charge in [0.25, 0.3) is 5.56 Å². The Morgan fingerprint density at radius 3 is 2.83 bits per heavy atom. The maximum Gasteiger partial charge on any atom is 0.262 e. The third kappa shape index (κ3) is 4.57. The molecule has 11 heteroatoms. The Labute approximate surface area is 178 Å². The highest BCUT2D eigenvalue weighted by atomic mass is 32.2. The van der Waals surface area contributed by atoms with Crippen molar-refractivity contribution in [2.24, 2.45) is 0 Å². The monoisotopic (exact) mass is 444 g/mol. The largest absolute Gasteiger partial charge is 0.301 e. The SMILES string of the molecule is CCSc1nnc(CC(=O)CSc2nc3c(cnn3-c3ccccc3)c(=O)[nH]2)s1. The molecule has 0 fully saturated rings. The van der Waals surface area contributed by atoms with Gasteiger partial charge in [-0.3, -0.25) is 9.59 Å². The second kappa shape index (κ2) is 8.89. The summed E-state index contributed by atoms with van der Waals surface area (Å²) in [5, 5.41) is 13.9. The molecule has 0 bridgehead atoms. The van der Waals surface area contributed by atoms with E-state index < -0.39 is 0 Å². The van der Waals surface area contributed by atoms with Crippen LogP contribution in [0.5, 0.6) is 0 Å². The molecule has 148 valence electrons. The third-order valence-corrected chi connectivity index (χ3v) is 6.72. The van der Waals surface area contributed by atoms with Crippen LogP contribution in [0.3, 0.4) is 0 Å². The summed E-state index contributed by atoms with van der Waals surface area (Å²) in [5.41, 5.74) is 0.988. The number of Topliss-reactive ketones (excluding diaryl/α,β-unsaturated/α-hetero) is 1. The molecule has 0 atom stereocenters. The van der Waals surface area contributed by atoms with Gasteiger partial charge >= 0.3 is 0 Å². The van der Waals surface area contributed by atoms with Crippen LogP contribution < -0.4 is 5.56 Å². The molecule has 0 aliphatic rings. The van der Waals surface area contributed by atoms with Crippen molar-refractivity contribution in [2.45, 2.75) is 22.8 Å². The second-order valence-electron chi connectivity index (χ2n) is 5.90. The van der Waals surface area contributed by atoms with E-state index in [9.17, 15) is 9.59 Å². The van der Waals surface area contributed by atoms with Crippen LogP contribution >= 0.6 is 34.9 Å². The lowest BCUT2D eigenvalue weighted by Crippen LogP contribution is -2.11. The van der Waals surface area contributed by atoms with E-state index in [1.54, 1.807) is 16.4 Å². The molecular weight excluding hydrogens is 428 g/mol. The predicted octanol–water partition coefficient (Wildman–Crippen LogP) is 2.98. The fourth-order valence-corrected chi connectivity index (χ4v) is 5.12. The molecule has 0 saturated heterocycles. The number of hydrogen-bond acceptors (Lipinski definition) is 9. The Hall–Kier alpha value is -2.50. The number of fused-ring (bicyclic) bond motifs is 1. The molecule has 1 aromatic carbocycles. The normalized spacial score (nSPS) is 11.2. The van der Waals surface area contributed by atoms with Gasteiger partial charge in [-0.1, -0.05) is 60.0 Å². The first-order valence-electron chi connectivity index (χ1n) is 8.77. The number of para-hydroxylation sites is 1. The van der Waals surface area contributed by atoms with E-state index in [1.165, 1.54) is 29.3 Å². The molecule has 1 N–H and O–H groups in total. The van der Waals surface area contributed by atoms with E-state index in [4.69, 9.17) is 0 Å². The Balaban J connectivity index is 1.49. The molecule has 3 heterocycles. The highest BCUT2D eigenvalue weighted by molar-refractivity contribution is 8.01. The number of benzene rings is 1. The number of carbonyl (C=O) groups is 1. The van der Waals surface area contributed by atoms with Crippen molar-refractivity contribution in [3.8, 4) is 5.69 Å². The van der Waals surface area contributed by atoms with Crippen molar-refractivity contribution in [1.29, 1.82) is 0 Å². The van der Waals surface area contributed by atoms with Gasteiger partial charge in [0, 0.05) is 0 Å². The van der Waals surface area contributed by atoms with Crippen LogP contribution in [0.15, 0.2) is 50.8 Å². The van der Waals surface area contributed by atoms with Crippen LogP contribution in [0, 0.1) is 0 Å². The van der Waals surface area contributed by atoms with Crippen molar-refractivity contribution in [3.05, 3.63) is 51.9 Å². The lowest BCUT2D eigenvalue weighted by atomic mass is 10.3. The fraction of sp³-hybridized carbons (Fsp3) is 0.222. The number of aromatic nitrogens is 6. The molecule has 4 aromatic rings. The number of ketones is 1. The first kappa shape index (κ1) is 19.8. The van der Waals surface area contributed by atoms with Crippen molar-refractivity contribution >= 4 is 51.7 Å². The Kier molecular flexibility index (Phi) is 6.07. The van der Waals surface area contributed by atoms with Gasteiger partial charge in [0.05, 0.1) is 24.1 Å². The van der Waals surface area contributed by atoms with Crippen LogP contribution in [0.4, 0.5) is 0 Å². The lowest BCUT2D eigenvalue weighted by molar-refractivity contribution is -0.116. The molecular formula is C18H16N6O2S3. The van der Waals surface area contributed by atoms with Gasteiger partial charge in [-0.25, -0.2) is 9.67 Å². The van der Waals surface area contributed by atoms with Crippen molar-refractivity contribution in [2.75, 3.05) is 11.5 Å². The van der Waals surface area contributed by atoms with Crippen molar-refractivity contribution < 1.29 is 4.79 Å². The molecule has 0 aliphatic heterocycles. The highest BCUT2D eigenvalue weighted by Crippen LogP contribution is 2.23. The van der Waals surface area contributed by atoms with Gasteiger partial charge in [-0.15, -0.1) is 10.2 Å². The van der Waals surface area contributed by atoms with Gasteiger partial charge < -0.3 is 4.98 Å². The first-order valence-corrected chi connectivity index (χ1v) is 11.6. The number of H-pyrrole nitrogens is 1. The Bertz CT molecular complexity index is 1200. The van der Waals surface area contributed by atoms with Crippen LogP contribution in [0.2, 0.25) is 0 Å². The quantitative estimate of drug-likeness (QED) is 0.327. The number of hydrogen-bond donors (Lipinski definition) is 1.